The second kappa shape index (κ2) is 11.6. The summed E-state index contributed by atoms with van der Waals surface area (Å²) in [5.41, 5.74) is -1.32. The summed E-state index contributed by atoms with van der Waals surface area (Å²) in [5.74, 6) is -3.96. The molecule has 0 radical (unpaired) electrons. The molecule has 1 aromatic heterocycles. The molecule has 10 nitrogen and oxygen atoms in total. The Kier molecular flexibility index (Phi) is 7.96. The van der Waals surface area contributed by atoms with Crippen LogP contribution in [0.15, 0.2) is 90.3 Å². The number of hydrogen-bond acceptors (Lipinski definition) is 7. The number of rotatable bonds is 8. The quantitative estimate of drug-likeness (QED) is 0.133. The number of aliphatic carboxylic acids is 1. The Morgan fingerprint density at radius 1 is 1.02 bits per heavy atom. The van der Waals surface area contributed by atoms with Crippen molar-refractivity contribution in [1.29, 1.82) is 0 Å². The van der Waals surface area contributed by atoms with Crippen molar-refractivity contribution in [3.8, 4) is 5.75 Å². The van der Waals surface area contributed by atoms with Gasteiger partial charge in [-0.25, -0.2) is 14.0 Å². The van der Waals surface area contributed by atoms with E-state index in [9.17, 15) is 34.0 Å². The minimum absolute atomic E-state index is 0.129. The number of amides is 2. The molecule has 12 heteroatoms. The van der Waals surface area contributed by atoms with E-state index < -0.39 is 51.9 Å². The van der Waals surface area contributed by atoms with E-state index in [1.165, 1.54) is 66.7 Å². The molecule has 0 aliphatic carbocycles. The van der Waals surface area contributed by atoms with Gasteiger partial charge in [-0.15, -0.1) is 11.3 Å². The first-order chi connectivity index (χ1) is 20.6. The first-order valence-electron chi connectivity index (χ1n) is 13.1. The molecule has 1 aliphatic rings. The van der Waals surface area contributed by atoms with Crippen LogP contribution in [0.2, 0.25) is 0 Å². The maximum absolute atomic E-state index is 14.4. The molecule has 4 atom stereocenters. The largest absolute Gasteiger partial charge is 0.497 e. The van der Waals surface area contributed by atoms with E-state index in [2.05, 4.69) is 5.32 Å². The van der Waals surface area contributed by atoms with Gasteiger partial charge in [-0.05, 0) is 72.5 Å². The highest BCUT2D eigenvalue weighted by Crippen LogP contribution is 2.57. The van der Waals surface area contributed by atoms with Crippen molar-refractivity contribution in [1.82, 2.24) is 4.90 Å². The van der Waals surface area contributed by atoms with Crippen LogP contribution in [0.3, 0.4) is 0 Å². The van der Waals surface area contributed by atoms with Crippen molar-refractivity contribution in [3.05, 3.63) is 122 Å². The minimum atomic E-state index is -1.94. The number of benzene rings is 3. The molecule has 1 saturated heterocycles. The number of carboxylic acid groups (broad SMARTS) is 1. The minimum Gasteiger partial charge on any atom is -0.497 e. The number of Topliss-reactive ketones (excluding diaryl/α,β-unsaturated/α-hetero) is 1. The summed E-state index contributed by atoms with van der Waals surface area (Å²) in [4.78, 5) is 54.2. The predicted molar refractivity (Wildman–Crippen MR) is 157 cm³/mol. The Balaban J connectivity index is 1.72. The highest BCUT2D eigenvalue weighted by Gasteiger charge is 2.65. The van der Waals surface area contributed by atoms with Crippen LogP contribution in [0.25, 0.3) is 0 Å². The van der Waals surface area contributed by atoms with Crippen molar-refractivity contribution in [2.45, 2.75) is 24.4 Å². The van der Waals surface area contributed by atoms with E-state index in [0.717, 1.165) is 12.1 Å². The monoisotopic (exact) mass is 603 g/mol. The molecule has 0 saturated carbocycles. The van der Waals surface area contributed by atoms with Gasteiger partial charge in [0.25, 0.3) is 5.69 Å². The zero-order valence-corrected chi connectivity index (χ0v) is 23.8. The number of methoxy groups -OCH3 is 1. The number of anilines is 1. The van der Waals surface area contributed by atoms with Crippen molar-refractivity contribution in [3.63, 3.8) is 0 Å². The van der Waals surface area contributed by atoms with Crippen molar-refractivity contribution < 1.29 is 33.5 Å². The SMILES string of the molecule is COc1ccc(C2C(C(=O)c3ccc([N+](=O)[O-])cc3)C(c3cccs3)C(C)(C(=O)O)N2C(=O)Nc2ccc(F)cc2)cc1. The molecule has 43 heavy (non-hydrogen) atoms. The lowest BCUT2D eigenvalue weighted by Gasteiger charge is -2.37. The van der Waals surface area contributed by atoms with Crippen LogP contribution >= 0.6 is 11.3 Å². The number of hydrogen-bond donors (Lipinski definition) is 2. The first kappa shape index (κ1) is 29.4. The molecular formula is C31H26FN3O7S. The lowest BCUT2D eigenvalue weighted by molar-refractivity contribution is -0.384. The molecule has 0 bridgehead atoms. The van der Waals surface area contributed by atoms with Gasteiger partial charge in [0.05, 0.1) is 24.0 Å². The molecular weight excluding hydrogens is 577 g/mol. The fraction of sp³-hybridized carbons (Fsp3) is 0.194. The second-order valence-electron chi connectivity index (χ2n) is 10.2. The van der Waals surface area contributed by atoms with Gasteiger partial charge in [-0.2, -0.15) is 0 Å². The molecule has 2 heterocycles. The Bertz CT molecular complexity index is 1660. The summed E-state index contributed by atoms with van der Waals surface area (Å²) in [6, 6.07) is 18.3. The van der Waals surface area contributed by atoms with Gasteiger partial charge in [0.2, 0.25) is 0 Å². The maximum Gasteiger partial charge on any atom is 0.330 e. The van der Waals surface area contributed by atoms with Crippen LogP contribution in [-0.4, -0.2) is 45.4 Å². The fourth-order valence-electron chi connectivity index (χ4n) is 5.74. The molecule has 1 aliphatic heterocycles. The molecule has 2 N–H and O–H groups in total. The van der Waals surface area contributed by atoms with Crippen molar-refractivity contribution >= 4 is 40.5 Å². The van der Waals surface area contributed by atoms with E-state index in [4.69, 9.17) is 4.74 Å². The second-order valence-corrected chi connectivity index (χ2v) is 11.1. The molecule has 4 aromatic rings. The van der Waals surface area contributed by atoms with Crippen molar-refractivity contribution in [2.75, 3.05) is 12.4 Å². The Morgan fingerprint density at radius 3 is 2.21 bits per heavy atom. The van der Waals surface area contributed by atoms with Crippen molar-refractivity contribution in [2.24, 2.45) is 5.92 Å². The highest BCUT2D eigenvalue weighted by molar-refractivity contribution is 7.10. The first-order valence-corrected chi connectivity index (χ1v) is 14.0. The van der Waals surface area contributed by atoms with Crippen LogP contribution in [0.5, 0.6) is 5.75 Å². The average Bonchev–Trinajstić information content (AvgIpc) is 3.63. The summed E-state index contributed by atoms with van der Waals surface area (Å²) in [6.07, 6.45) is 0. The molecule has 2 amide bonds. The van der Waals surface area contributed by atoms with E-state index in [1.54, 1.807) is 41.8 Å². The van der Waals surface area contributed by atoms with Gasteiger partial charge in [-0.1, -0.05) is 18.2 Å². The number of thiophene rings is 1. The van der Waals surface area contributed by atoms with E-state index >= 15 is 0 Å². The number of carbonyl (C=O) groups is 3. The smallest absolute Gasteiger partial charge is 0.330 e. The van der Waals surface area contributed by atoms with Gasteiger partial charge in [-0.3, -0.25) is 19.8 Å². The number of nitro benzene ring substituents is 1. The maximum atomic E-state index is 14.4. The van der Waals surface area contributed by atoms with E-state index in [1.807, 2.05) is 0 Å². The third-order valence-electron chi connectivity index (χ3n) is 7.80. The van der Waals surface area contributed by atoms with E-state index in [0.29, 0.717) is 16.2 Å². The standard InChI is InChI=1S/C31H26FN3O7S/c1-31(29(37)38)26(24-4-3-17-43-24)25(28(36)19-5-13-22(14-6-19)35(40)41)27(18-7-15-23(42-2)16-8-18)34(31)30(39)33-21-11-9-20(32)10-12-21/h3-17,25-27H,1-2H3,(H,33,39)(H,37,38). The topological polar surface area (TPSA) is 139 Å². The zero-order valence-electron chi connectivity index (χ0n) is 23.0. The van der Waals surface area contributed by atoms with Gasteiger partial charge < -0.3 is 15.2 Å². The normalized spacial score (nSPS) is 21.3. The Morgan fingerprint density at radius 2 is 1.67 bits per heavy atom. The van der Waals surface area contributed by atoms with Gasteiger partial charge in [0.15, 0.2) is 5.78 Å². The summed E-state index contributed by atoms with van der Waals surface area (Å²) in [7, 11) is 1.49. The Labute approximate surface area is 249 Å². The van der Waals surface area contributed by atoms with Crippen LogP contribution in [0.1, 0.15) is 39.7 Å². The van der Waals surface area contributed by atoms with E-state index in [-0.39, 0.29) is 16.9 Å². The van der Waals surface area contributed by atoms with Crippen LogP contribution < -0.4 is 10.1 Å². The number of nitrogens with zero attached hydrogens (tertiary/aromatic N) is 2. The van der Waals surface area contributed by atoms with Crippen LogP contribution in [0, 0.1) is 21.8 Å². The molecule has 220 valence electrons. The number of carboxylic acids is 1. The molecule has 5 rings (SSSR count). The number of urea groups is 1. The molecule has 4 unspecified atom stereocenters. The molecule has 0 spiro atoms. The number of nitro groups is 1. The fourth-order valence-corrected chi connectivity index (χ4v) is 6.73. The summed E-state index contributed by atoms with van der Waals surface area (Å²) >= 11 is 1.26. The number of non-ortho nitro benzene ring substituents is 1. The molecule has 1 fully saturated rings. The lowest BCUT2D eigenvalue weighted by atomic mass is 9.74. The molecule has 3 aromatic carbocycles. The highest BCUT2D eigenvalue weighted by atomic mass is 32.1. The third kappa shape index (κ3) is 5.32. The predicted octanol–water partition coefficient (Wildman–Crippen LogP) is 6.52. The zero-order chi connectivity index (χ0) is 30.9. The van der Waals surface area contributed by atoms with Gasteiger partial charge >= 0.3 is 12.0 Å². The summed E-state index contributed by atoms with van der Waals surface area (Å²) < 4.78 is 18.9. The number of likely N-dealkylation sites (tertiary alicyclic amines) is 1. The van der Waals surface area contributed by atoms with Crippen LogP contribution in [-0.2, 0) is 4.79 Å². The number of ketones is 1. The summed E-state index contributed by atoms with van der Waals surface area (Å²) in [5, 5.41) is 26.5. The average molecular weight is 604 g/mol. The van der Waals surface area contributed by atoms with Gasteiger partial charge in [0.1, 0.15) is 17.1 Å². The number of carbonyl (C=O) groups excluding carboxylic acids is 2. The number of nitrogens with one attached hydrogen (secondary N) is 1. The summed E-state index contributed by atoms with van der Waals surface area (Å²) in [6.45, 7) is 1.41. The third-order valence-corrected chi connectivity index (χ3v) is 8.76. The Hall–Kier alpha value is -5.10. The number of halogens is 1. The van der Waals surface area contributed by atoms with Gasteiger partial charge in [0, 0.05) is 34.2 Å². The lowest BCUT2D eigenvalue weighted by Crippen LogP contribution is -2.55. The number of ether oxygens (including phenoxy) is 1. The van der Waals surface area contributed by atoms with Crippen LogP contribution in [0.4, 0.5) is 20.6 Å².